The molecule has 2 atom stereocenters. The van der Waals surface area contributed by atoms with Gasteiger partial charge in [-0.1, -0.05) is 56.3 Å². The van der Waals surface area contributed by atoms with Crippen molar-refractivity contribution in [2.45, 2.75) is 38.8 Å². The van der Waals surface area contributed by atoms with Crippen LogP contribution < -0.4 is 10.2 Å². The van der Waals surface area contributed by atoms with Crippen LogP contribution in [-0.4, -0.2) is 29.8 Å². The fraction of sp³-hybridized carbons (Fsp3) is 0.286. The summed E-state index contributed by atoms with van der Waals surface area (Å²) in [6.07, 6.45) is 1.15. The highest BCUT2D eigenvalue weighted by molar-refractivity contribution is 5.90. The van der Waals surface area contributed by atoms with Crippen molar-refractivity contribution < 1.29 is 19.4 Å². The molecule has 174 valence electrons. The second-order valence-electron chi connectivity index (χ2n) is 9.81. The minimum absolute atomic E-state index is 0.00169. The summed E-state index contributed by atoms with van der Waals surface area (Å²) in [4.78, 5) is 25.8. The van der Waals surface area contributed by atoms with Gasteiger partial charge in [0, 0.05) is 11.4 Å². The normalized spacial score (nSPS) is 20.9. The zero-order chi connectivity index (χ0) is 23.9. The lowest BCUT2D eigenvalue weighted by Gasteiger charge is -2.41. The van der Waals surface area contributed by atoms with E-state index >= 15 is 0 Å². The number of nitrogens with zero attached hydrogens (tertiary/aromatic N) is 1. The number of ether oxygens (including phenoxy) is 1. The average molecular weight is 457 g/mol. The van der Waals surface area contributed by atoms with Gasteiger partial charge in [-0.05, 0) is 65.3 Å². The van der Waals surface area contributed by atoms with Gasteiger partial charge in [0.25, 0.3) is 0 Å². The Morgan fingerprint density at radius 1 is 1.09 bits per heavy atom. The Hall–Kier alpha value is -3.80. The number of hydrogen-bond acceptors (Lipinski definition) is 4. The first-order valence-electron chi connectivity index (χ1n) is 11.5. The smallest absolute Gasteiger partial charge is 0.414 e. The molecule has 0 aliphatic carbocycles. The van der Waals surface area contributed by atoms with Gasteiger partial charge in [0.05, 0.1) is 17.6 Å². The topological polar surface area (TPSA) is 78.9 Å². The molecule has 3 aromatic rings. The molecule has 3 aromatic carbocycles. The molecule has 0 radical (unpaired) electrons. The predicted octanol–water partition coefficient (Wildman–Crippen LogP) is 5.69. The number of fused-ring (bicyclic) bond motifs is 1. The number of aromatic carboxylic acids is 1. The van der Waals surface area contributed by atoms with Crippen LogP contribution in [0.3, 0.4) is 0 Å². The van der Waals surface area contributed by atoms with E-state index in [-0.39, 0.29) is 23.6 Å². The van der Waals surface area contributed by atoms with Gasteiger partial charge in [-0.3, -0.25) is 4.90 Å². The summed E-state index contributed by atoms with van der Waals surface area (Å²) in [6, 6.07) is 23.4. The van der Waals surface area contributed by atoms with E-state index in [4.69, 9.17) is 4.74 Å². The molecule has 2 heterocycles. The third-order valence-electron chi connectivity index (χ3n) is 6.84. The number of hydrogen-bond donors (Lipinski definition) is 2. The molecule has 34 heavy (non-hydrogen) atoms. The quantitative estimate of drug-likeness (QED) is 0.516. The van der Waals surface area contributed by atoms with E-state index < -0.39 is 5.97 Å². The van der Waals surface area contributed by atoms with Crippen LogP contribution in [0.2, 0.25) is 0 Å². The van der Waals surface area contributed by atoms with Crippen molar-refractivity contribution in [2.75, 3.05) is 16.8 Å². The number of rotatable bonds is 5. The van der Waals surface area contributed by atoms with Gasteiger partial charge in [-0.2, -0.15) is 0 Å². The molecule has 0 bridgehead atoms. The second-order valence-corrected chi connectivity index (χ2v) is 9.81. The second kappa shape index (κ2) is 8.52. The van der Waals surface area contributed by atoms with Gasteiger partial charge < -0.3 is 15.2 Å². The molecule has 6 heteroatoms. The zero-order valence-corrected chi connectivity index (χ0v) is 19.3. The van der Waals surface area contributed by atoms with Crippen LogP contribution in [0.1, 0.15) is 46.9 Å². The van der Waals surface area contributed by atoms with Crippen LogP contribution in [-0.2, 0) is 17.6 Å². The van der Waals surface area contributed by atoms with E-state index in [1.165, 1.54) is 5.56 Å². The number of amides is 1. The number of nitrogens with one attached hydrogen (secondary N) is 1. The first-order chi connectivity index (χ1) is 16.3. The van der Waals surface area contributed by atoms with E-state index in [0.717, 1.165) is 35.3 Å². The molecule has 6 nitrogen and oxygen atoms in total. The molecule has 2 unspecified atom stereocenters. The van der Waals surface area contributed by atoms with Gasteiger partial charge in [-0.25, -0.2) is 9.59 Å². The van der Waals surface area contributed by atoms with Crippen molar-refractivity contribution >= 4 is 23.4 Å². The van der Waals surface area contributed by atoms with Crippen molar-refractivity contribution in [3.8, 4) is 0 Å². The molecule has 5 rings (SSSR count). The first-order valence-corrected chi connectivity index (χ1v) is 11.5. The summed E-state index contributed by atoms with van der Waals surface area (Å²) < 4.78 is 5.43. The Morgan fingerprint density at radius 3 is 2.65 bits per heavy atom. The molecule has 2 aliphatic rings. The van der Waals surface area contributed by atoms with Crippen molar-refractivity contribution in [3.63, 3.8) is 0 Å². The Bertz CT molecular complexity index is 1240. The summed E-state index contributed by atoms with van der Waals surface area (Å²) in [5.41, 5.74) is 5.15. The molecule has 2 N–H and O–H groups in total. The van der Waals surface area contributed by atoms with Crippen molar-refractivity contribution in [1.82, 2.24) is 0 Å². The maximum absolute atomic E-state index is 12.7. The number of anilines is 2. The first kappa shape index (κ1) is 22.0. The number of carbonyl (C=O) groups is 2. The van der Waals surface area contributed by atoms with Crippen LogP contribution in [0.15, 0.2) is 72.8 Å². The summed E-state index contributed by atoms with van der Waals surface area (Å²) in [6.45, 7) is 4.72. The largest absolute Gasteiger partial charge is 0.478 e. The van der Waals surface area contributed by atoms with E-state index in [9.17, 15) is 14.7 Å². The Morgan fingerprint density at radius 2 is 1.88 bits per heavy atom. The van der Waals surface area contributed by atoms with E-state index in [1.54, 1.807) is 17.0 Å². The van der Waals surface area contributed by atoms with Gasteiger partial charge in [0.15, 0.2) is 0 Å². The fourth-order valence-corrected chi connectivity index (χ4v) is 5.16. The molecule has 0 spiro atoms. The summed E-state index contributed by atoms with van der Waals surface area (Å²) in [5.74, 6) is -0.919. The minimum atomic E-state index is -0.919. The monoisotopic (exact) mass is 456 g/mol. The number of carbonyl (C=O) groups excluding carboxylic acids is 1. The molecule has 1 amide bonds. The highest BCUT2D eigenvalue weighted by Crippen LogP contribution is 2.45. The molecular weight excluding hydrogens is 428 g/mol. The maximum Gasteiger partial charge on any atom is 0.414 e. The van der Waals surface area contributed by atoms with E-state index in [2.05, 4.69) is 43.4 Å². The maximum atomic E-state index is 12.7. The third-order valence-corrected chi connectivity index (χ3v) is 6.84. The van der Waals surface area contributed by atoms with Crippen molar-refractivity contribution in [1.29, 1.82) is 0 Å². The molecule has 0 aromatic heterocycles. The SMILES string of the molecule is CC1(C)Cc2cc(C(=O)O)ccc2NC1c1cccc(N2C(=O)OCC2Cc2ccccc2)c1. The highest BCUT2D eigenvalue weighted by atomic mass is 16.6. The Kier molecular flexibility index (Phi) is 5.52. The van der Waals surface area contributed by atoms with Crippen LogP contribution >= 0.6 is 0 Å². The van der Waals surface area contributed by atoms with E-state index in [0.29, 0.717) is 12.2 Å². The molecule has 1 fully saturated rings. The fourth-order valence-electron chi connectivity index (χ4n) is 5.16. The van der Waals surface area contributed by atoms with E-state index in [1.807, 2.05) is 36.4 Å². The predicted molar refractivity (Wildman–Crippen MR) is 131 cm³/mol. The van der Waals surface area contributed by atoms with Gasteiger partial charge in [0.2, 0.25) is 0 Å². The van der Waals surface area contributed by atoms with Crippen LogP contribution in [0.4, 0.5) is 16.2 Å². The Balaban J connectivity index is 1.44. The zero-order valence-electron chi connectivity index (χ0n) is 19.3. The van der Waals surface area contributed by atoms with Gasteiger partial charge in [0.1, 0.15) is 6.61 Å². The van der Waals surface area contributed by atoms with Crippen molar-refractivity contribution in [3.05, 3.63) is 95.1 Å². The van der Waals surface area contributed by atoms with Crippen LogP contribution in [0.25, 0.3) is 0 Å². The molecule has 0 saturated carbocycles. The Labute approximate surface area is 199 Å². The van der Waals surface area contributed by atoms with Crippen molar-refractivity contribution in [2.24, 2.45) is 5.41 Å². The highest BCUT2D eigenvalue weighted by Gasteiger charge is 2.38. The van der Waals surface area contributed by atoms with Gasteiger partial charge in [-0.15, -0.1) is 0 Å². The summed E-state index contributed by atoms with van der Waals surface area (Å²) in [5, 5.41) is 13.0. The number of cyclic esters (lactones) is 1. The number of benzene rings is 3. The van der Waals surface area contributed by atoms with Crippen LogP contribution in [0.5, 0.6) is 0 Å². The summed E-state index contributed by atoms with van der Waals surface area (Å²) >= 11 is 0. The van der Waals surface area contributed by atoms with Gasteiger partial charge >= 0.3 is 12.1 Å². The number of carboxylic acid groups (broad SMARTS) is 1. The lowest BCUT2D eigenvalue weighted by atomic mass is 9.72. The lowest BCUT2D eigenvalue weighted by molar-refractivity contribution is 0.0696. The minimum Gasteiger partial charge on any atom is -0.478 e. The average Bonchev–Trinajstić information content (AvgIpc) is 3.18. The lowest BCUT2D eigenvalue weighted by Crippen LogP contribution is -2.36. The molecular formula is C28H28N2O4. The third kappa shape index (κ3) is 4.12. The number of carboxylic acids is 1. The standard InChI is InChI=1S/C28H28N2O4/c1-28(2)16-21-14-20(26(31)32)11-12-24(21)29-25(28)19-9-6-10-22(15-19)30-23(17-34-27(30)33)13-18-7-4-3-5-8-18/h3-12,14-15,23,25,29H,13,16-17H2,1-2H3,(H,31,32). The molecule has 1 saturated heterocycles. The van der Waals surface area contributed by atoms with Crippen LogP contribution in [0, 0.1) is 5.41 Å². The summed E-state index contributed by atoms with van der Waals surface area (Å²) in [7, 11) is 0. The molecule has 2 aliphatic heterocycles.